The van der Waals surface area contributed by atoms with Crippen molar-refractivity contribution in [2.24, 2.45) is 5.92 Å². The van der Waals surface area contributed by atoms with Gasteiger partial charge >= 0.3 is 0 Å². The molecule has 0 aliphatic carbocycles. The second-order valence-corrected chi connectivity index (χ2v) is 6.87. The van der Waals surface area contributed by atoms with Crippen molar-refractivity contribution in [3.8, 4) is 0 Å². The Morgan fingerprint density at radius 2 is 2.05 bits per heavy atom. The Bertz CT molecular complexity index is 338. The van der Waals surface area contributed by atoms with E-state index in [9.17, 15) is 5.11 Å². The molecule has 1 aromatic rings. The lowest BCUT2D eigenvalue weighted by atomic mass is 10.1. The van der Waals surface area contributed by atoms with E-state index in [4.69, 9.17) is 4.74 Å². The van der Waals surface area contributed by atoms with Gasteiger partial charge < -0.3 is 9.84 Å². The smallest absolute Gasteiger partial charge is 0.0900 e. The van der Waals surface area contributed by atoms with Crippen LogP contribution in [0, 0.1) is 5.92 Å². The second-order valence-electron chi connectivity index (χ2n) is 6.09. The van der Waals surface area contributed by atoms with E-state index in [1.807, 2.05) is 13.8 Å². The highest BCUT2D eigenvalue weighted by Crippen LogP contribution is 2.12. The molecule has 20 heavy (non-hydrogen) atoms. The molecule has 116 valence electrons. The molecule has 1 N–H and O–H groups in total. The van der Waals surface area contributed by atoms with Crippen molar-refractivity contribution >= 4 is 11.3 Å². The van der Waals surface area contributed by atoms with Crippen molar-refractivity contribution in [3.05, 3.63) is 22.4 Å². The molecule has 4 heteroatoms. The number of hydrogen-bond donors (Lipinski definition) is 1. The third-order valence-corrected chi connectivity index (χ3v) is 3.83. The molecule has 0 spiro atoms. The summed E-state index contributed by atoms with van der Waals surface area (Å²) in [6.07, 6.45) is 0.913. The minimum atomic E-state index is -0.414. The molecular formula is C16H29NO2S. The van der Waals surface area contributed by atoms with Crippen LogP contribution in [0.25, 0.3) is 0 Å². The number of thiophene rings is 1. The fourth-order valence-corrected chi connectivity index (χ4v) is 2.63. The molecule has 0 aromatic carbocycles. The number of nitrogens with zero attached hydrogens (tertiary/aromatic N) is 1. The summed E-state index contributed by atoms with van der Waals surface area (Å²) in [5.41, 5.74) is 1.33. The number of aliphatic hydroxyl groups excluding tert-OH is 1. The third kappa shape index (κ3) is 8.00. The summed E-state index contributed by atoms with van der Waals surface area (Å²) in [7, 11) is 0. The maximum absolute atomic E-state index is 10.1. The lowest BCUT2D eigenvalue weighted by molar-refractivity contribution is -0.00996. The first-order valence-corrected chi connectivity index (χ1v) is 8.44. The molecule has 0 aliphatic heterocycles. The highest BCUT2D eigenvalue weighted by Gasteiger charge is 2.14. The number of hydrogen-bond acceptors (Lipinski definition) is 4. The van der Waals surface area contributed by atoms with Crippen molar-refractivity contribution in [2.75, 3.05) is 19.7 Å². The van der Waals surface area contributed by atoms with Crippen LogP contribution in [0.3, 0.4) is 0 Å². The van der Waals surface area contributed by atoms with Gasteiger partial charge in [0.1, 0.15) is 0 Å². The van der Waals surface area contributed by atoms with Gasteiger partial charge in [0.2, 0.25) is 0 Å². The highest BCUT2D eigenvalue weighted by atomic mass is 32.1. The molecule has 3 nitrogen and oxygen atoms in total. The summed E-state index contributed by atoms with van der Waals surface area (Å²) in [6.45, 7) is 11.5. The summed E-state index contributed by atoms with van der Waals surface area (Å²) >= 11 is 1.73. The fourth-order valence-electron chi connectivity index (χ4n) is 1.97. The first-order valence-electron chi connectivity index (χ1n) is 7.50. The molecule has 0 aliphatic rings. The monoisotopic (exact) mass is 299 g/mol. The maximum Gasteiger partial charge on any atom is 0.0900 e. The third-order valence-electron chi connectivity index (χ3n) is 3.10. The summed E-state index contributed by atoms with van der Waals surface area (Å²) in [5.74, 6) is 0.684. The van der Waals surface area contributed by atoms with Gasteiger partial charge in [0.15, 0.2) is 0 Å². The molecule has 0 saturated carbocycles. The Kier molecular flexibility index (Phi) is 8.38. The van der Waals surface area contributed by atoms with Gasteiger partial charge in [0.25, 0.3) is 0 Å². The van der Waals surface area contributed by atoms with Gasteiger partial charge in [-0.2, -0.15) is 11.3 Å². The molecule has 0 bridgehead atoms. The van der Waals surface area contributed by atoms with Crippen molar-refractivity contribution in [1.82, 2.24) is 4.90 Å². The lowest BCUT2D eigenvalue weighted by Gasteiger charge is -2.26. The molecule has 0 radical (unpaired) electrons. The van der Waals surface area contributed by atoms with Gasteiger partial charge in [-0.25, -0.2) is 0 Å². The zero-order chi connectivity index (χ0) is 15.0. The zero-order valence-electron chi connectivity index (χ0n) is 13.2. The van der Waals surface area contributed by atoms with Crippen molar-refractivity contribution in [2.45, 2.75) is 52.9 Å². The fraction of sp³-hybridized carbons (Fsp3) is 0.750. The molecule has 1 aromatic heterocycles. The number of rotatable bonds is 10. The Hall–Kier alpha value is -0.420. The van der Waals surface area contributed by atoms with Gasteiger partial charge in [0, 0.05) is 13.1 Å². The minimum absolute atomic E-state index is 0.172. The van der Waals surface area contributed by atoms with E-state index in [-0.39, 0.29) is 6.10 Å². The SMILES string of the molecule is CC(C)CCN(Cc1ccsc1)C[C@@H](O)COC(C)C. The molecular weight excluding hydrogens is 270 g/mol. The van der Waals surface area contributed by atoms with Crippen LogP contribution in [0.1, 0.15) is 39.7 Å². The van der Waals surface area contributed by atoms with E-state index < -0.39 is 6.10 Å². The molecule has 0 fully saturated rings. The van der Waals surface area contributed by atoms with Crippen LogP contribution in [0.2, 0.25) is 0 Å². The zero-order valence-corrected chi connectivity index (χ0v) is 14.0. The molecule has 1 atom stereocenters. The Morgan fingerprint density at radius 3 is 2.60 bits per heavy atom. The van der Waals surface area contributed by atoms with E-state index in [1.54, 1.807) is 11.3 Å². The largest absolute Gasteiger partial charge is 0.389 e. The predicted octanol–water partition coefficient (Wildman–Crippen LogP) is 3.38. The number of aliphatic hydroxyl groups is 1. The van der Waals surface area contributed by atoms with Gasteiger partial charge in [-0.3, -0.25) is 4.90 Å². The topological polar surface area (TPSA) is 32.7 Å². The van der Waals surface area contributed by atoms with Crippen molar-refractivity contribution < 1.29 is 9.84 Å². The molecule has 0 unspecified atom stereocenters. The van der Waals surface area contributed by atoms with Crippen molar-refractivity contribution in [3.63, 3.8) is 0 Å². The highest BCUT2D eigenvalue weighted by molar-refractivity contribution is 7.07. The first-order chi connectivity index (χ1) is 9.47. The van der Waals surface area contributed by atoms with Gasteiger partial charge in [-0.05, 0) is 55.1 Å². The van der Waals surface area contributed by atoms with Crippen LogP contribution >= 0.6 is 11.3 Å². The molecule has 1 rings (SSSR count). The summed E-state index contributed by atoms with van der Waals surface area (Å²) in [4.78, 5) is 2.33. The average Bonchev–Trinajstić information content (AvgIpc) is 2.86. The first kappa shape index (κ1) is 17.6. The Labute approximate surface area is 127 Å². The van der Waals surface area contributed by atoms with E-state index in [0.717, 1.165) is 19.5 Å². The van der Waals surface area contributed by atoms with Gasteiger partial charge in [0.05, 0.1) is 18.8 Å². The van der Waals surface area contributed by atoms with Crippen molar-refractivity contribution in [1.29, 1.82) is 0 Å². The predicted molar refractivity (Wildman–Crippen MR) is 86.1 cm³/mol. The van der Waals surface area contributed by atoms with Crippen LogP contribution in [0.5, 0.6) is 0 Å². The van der Waals surface area contributed by atoms with Crippen LogP contribution in [-0.4, -0.2) is 41.9 Å². The normalized spacial score (nSPS) is 13.6. The van der Waals surface area contributed by atoms with E-state index in [1.165, 1.54) is 5.56 Å². The van der Waals surface area contributed by atoms with Crippen LogP contribution in [0.4, 0.5) is 0 Å². The average molecular weight is 299 g/mol. The molecule has 0 amide bonds. The van der Waals surface area contributed by atoms with Gasteiger partial charge in [-0.15, -0.1) is 0 Å². The van der Waals surface area contributed by atoms with Crippen LogP contribution in [-0.2, 0) is 11.3 Å². The van der Waals surface area contributed by atoms with E-state index >= 15 is 0 Å². The lowest BCUT2D eigenvalue weighted by Crippen LogP contribution is -2.36. The Balaban J connectivity index is 2.44. The summed E-state index contributed by atoms with van der Waals surface area (Å²) < 4.78 is 5.49. The van der Waals surface area contributed by atoms with Gasteiger partial charge in [-0.1, -0.05) is 13.8 Å². The number of ether oxygens (including phenoxy) is 1. The van der Waals surface area contributed by atoms with Crippen LogP contribution < -0.4 is 0 Å². The minimum Gasteiger partial charge on any atom is -0.389 e. The quantitative estimate of drug-likeness (QED) is 0.719. The van der Waals surface area contributed by atoms with Crippen LogP contribution in [0.15, 0.2) is 16.8 Å². The standard InChI is InChI=1S/C16H29NO2S/c1-13(2)5-7-17(9-15-6-8-20-12-15)10-16(18)11-19-14(3)4/h6,8,12-14,16,18H,5,7,9-11H2,1-4H3/t16-/m1/s1. The molecule has 1 heterocycles. The van der Waals surface area contributed by atoms with E-state index in [2.05, 4.69) is 35.6 Å². The second kappa shape index (κ2) is 9.50. The maximum atomic E-state index is 10.1. The molecule has 0 saturated heterocycles. The summed E-state index contributed by atoms with van der Waals surface area (Å²) in [5, 5.41) is 14.4. The Morgan fingerprint density at radius 1 is 1.30 bits per heavy atom. The van der Waals surface area contributed by atoms with E-state index in [0.29, 0.717) is 19.1 Å². The summed E-state index contributed by atoms with van der Waals surface area (Å²) in [6, 6.07) is 2.16.